The summed E-state index contributed by atoms with van der Waals surface area (Å²) in [7, 11) is -3.69. The molecule has 1 aliphatic heterocycles. The third-order valence-corrected chi connectivity index (χ3v) is 7.55. The molecular formula is C21H24Cl2N2O4S. The Morgan fingerprint density at radius 1 is 1.17 bits per heavy atom. The average molecular weight is 471 g/mol. The van der Waals surface area contributed by atoms with E-state index < -0.39 is 10.0 Å². The quantitative estimate of drug-likeness (QED) is 0.661. The van der Waals surface area contributed by atoms with Gasteiger partial charge in [0.1, 0.15) is 5.75 Å². The molecule has 3 rings (SSSR count). The number of benzene rings is 2. The Labute approximate surface area is 187 Å². The molecule has 1 saturated heterocycles. The standard InChI is InChI=1S/C21H24Cl2N2O4S/c1-3-29-20-7-6-17(13-18(20)23)30(27,28)25-10-8-15(9-11-25)21(26)24-19-12-16(22)5-4-14(19)2/h4-7,12-13,15H,3,8-11H2,1-2H3,(H,24,26). The van der Waals surface area contributed by atoms with Crippen molar-refractivity contribution in [1.82, 2.24) is 4.31 Å². The lowest BCUT2D eigenvalue weighted by Gasteiger charge is -2.30. The van der Waals surface area contributed by atoms with E-state index in [1.807, 2.05) is 19.9 Å². The highest BCUT2D eigenvalue weighted by Crippen LogP contribution is 2.31. The number of aryl methyl sites for hydroxylation is 1. The van der Waals surface area contributed by atoms with Crippen molar-refractivity contribution in [2.24, 2.45) is 5.92 Å². The fourth-order valence-electron chi connectivity index (χ4n) is 3.39. The third-order valence-electron chi connectivity index (χ3n) is 5.12. The van der Waals surface area contributed by atoms with Crippen molar-refractivity contribution in [1.29, 1.82) is 0 Å². The lowest BCUT2D eigenvalue weighted by atomic mass is 9.97. The number of nitrogens with zero attached hydrogens (tertiary/aromatic N) is 1. The van der Waals surface area contributed by atoms with Crippen molar-refractivity contribution in [2.75, 3.05) is 25.0 Å². The maximum atomic E-state index is 13.0. The summed E-state index contributed by atoms with van der Waals surface area (Å²) >= 11 is 12.2. The maximum absolute atomic E-state index is 13.0. The van der Waals surface area contributed by atoms with Gasteiger partial charge in [-0.2, -0.15) is 4.31 Å². The van der Waals surface area contributed by atoms with Gasteiger partial charge in [-0.15, -0.1) is 0 Å². The topological polar surface area (TPSA) is 75.7 Å². The molecule has 2 aromatic carbocycles. The van der Waals surface area contributed by atoms with E-state index >= 15 is 0 Å². The molecule has 2 aromatic rings. The lowest BCUT2D eigenvalue weighted by Crippen LogP contribution is -2.41. The molecule has 1 fully saturated rings. The van der Waals surface area contributed by atoms with Crippen molar-refractivity contribution >= 4 is 44.8 Å². The van der Waals surface area contributed by atoms with E-state index in [-0.39, 0.29) is 34.8 Å². The van der Waals surface area contributed by atoms with Crippen molar-refractivity contribution < 1.29 is 17.9 Å². The summed E-state index contributed by atoms with van der Waals surface area (Å²) in [6.45, 7) is 4.69. The number of hydrogen-bond donors (Lipinski definition) is 1. The number of piperidine rings is 1. The number of sulfonamides is 1. The molecule has 1 amide bonds. The van der Waals surface area contributed by atoms with Crippen LogP contribution in [0.25, 0.3) is 0 Å². The Kier molecular flexibility index (Phi) is 7.29. The predicted octanol–water partition coefficient (Wildman–Crippen LogP) is 4.74. The van der Waals surface area contributed by atoms with E-state index in [2.05, 4.69) is 5.32 Å². The van der Waals surface area contributed by atoms with Gasteiger partial charge >= 0.3 is 0 Å². The molecule has 0 bridgehead atoms. The molecule has 0 radical (unpaired) electrons. The minimum absolute atomic E-state index is 0.119. The van der Waals surface area contributed by atoms with Crippen molar-refractivity contribution in [2.45, 2.75) is 31.6 Å². The first kappa shape index (κ1) is 22.9. The zero-order valence-corrected chi connectivity index (χ0v) is 19.1. The summed E-state index contributed by atoms with van der Waals surface area (Å²) in [4.78, 5) is 12.8. The molecule has 0 aromatic heterocycles. The van der Waals surface area contributed by atoms with Gasteiger partial charge in [0.2, 0.25) is 15.9 Å². The van der Waals surface area contributed by atoms with Crippen LogP contribution >= 0.6 is 23.2 Å². The second-order valence-electron chi connectivity index (χ2n) is 7.15. The highest BCUT2D eigenvalue weighted by Gasteiger charge is 2.32. The van der Waals surface area contributed by atoms with Crippen LogP contribution in [0.3, 0.4) is 0 Å². The van der Waals surface area contributed by atoms with E-state index in [0.29, 0.717) is 35.9 Å². The molecule has 9 heteroatoms. The summed E-state index contributed by atoms with van der Waals surface area (Å²) in [5.41, 5.74) is 1.59. The van der Waals surface area contributed by atoms with Crippen molar-refractivity contribution in [3.05, 3.63) is 52.0 Å². The lowest BCUT2D eigenvalue weighted by molar-refractivity contribution is -0.120. The predicted molar refractivity (Wildman–Crippen MR) is 119 cm³/mol. The molecule has 6 nitrogen and oxygen atoms in total. The van der Waals surface area contributed by atoms with E-state index in [1.165, 1.54) is 16.4 Å². The Hall–Kier alpha value is -1.80. The fourth-order valence-corrected chi connectivity index (χ4v) is 5.35. The Morgan fingerprint density at radius 3 is 2.50 bits per heavy atom. The summed E-state index contributed by atoms with van der Waals surface area (Å²) < 4.78 is 32.7. The van der Waals surface area contributed by atoms with Gasteiger partial charge in [0, 0.05) is 29.7 Å². The molecule has 162 valence electrons. The number of ether oxygens (including phenoxy) is 1. The number of amides is 1. The Balaban J connectivity index is 1.65. The van der Waals surface area contributed by atoms with E-state index in [4.69, 9.17) is 27.9 Å². The Bertz CT molecular complexity index is 1040. The van der Waals surface area contributed by atoms with Gasteiger partial charge in [-0.3, -0.25) is 4.79 Å². The van der Waals surface area contributed by atoms with Crippen LogP contribution in [0.4, 0.5) is 5.69 Å². The molecule has 0 saturated carbocycles. The van der Waals surface area contributed by atoms with Gasteiger partial charge in [-0.1, -0.05) is 29.3 Å². The molecule has 30 heavy (non-hydrogen) atoms. The van der Waals surface area contributed by atoms with Gasteiger partial charge < -0.3 is 10.1 Å². The average Bonchev–Trinajstić information content (AvgIpc) is 2.72. The molecule has 1 heterocycles. The maximum Gasteiger partial charge on any atom is 0.243 e. The van der Waals surface area contributed by atoms with E-state index in [1.54, 1.807) is 18.2 Å². The number of rotatable bonds is 6. The van der Waals surface area contributed by atoms with Gasteiger partial charge in [-0.05, 0) is 62.6 Å². The summed E-state index contributed by atoms with van der Waals surface area (Å²) in [6, 6.07) is 9.78. The number of anilines is 1. The van der Waals surface area contributed by atoms with Gasteiger partial charge in [0.15, 0.2) is 0 Å². The molecule has 0 spiro atoms. The smallest absolute Gasteiger partial charge is 0.243 e. The van der Waals surface area contributed by atoms with Crippen molar-refractivity contribution in [3.63, 3.8) is 0 Å². The van der Waals surface area contributed by atoms with Crippen molar-refractivity contribution in [3.8, 4) is 5.75 Å². The van der Waals surface area contributed by atoms with Gasteiger partial charge in [-0.25, -0.2) is 8.42 Å². The molecule has 0 unspecified atom stereocenters. The summed E-state index contributed by atoms with van der Waals surface area (Å²) in [5.74, 6) is 0.0603. The van der Waals surface area contributed by atoms with E-state index in [9.17, 15) is 13.2 Å². The van der Waals surface area contributed by atoms with Crippen LogP contribution in [0.1, 0.15) is 25.3 Å². The van der Waals surface area contributed by atoms with Gasteiger partial charge in [0.25, 0.3) is 0 Å². The minimum Gasteiger partial charge on any atom is -0.492 e. The third kappa shape index (κ3) is 5.09. The summed E-state index contributed by atoms with van der Waals surface area (Å²) in [5, 5.41) is 3.71. The number of carbonyl (C=O) groups is 1. The van der Waals surface area contributed by atoms with Crippen LogP contribution in [0.15, 0.2) is 41.3 Å². The number of nitrogens with one attached hydrogen (secondary N) is 1. The van der Waals surface area contributed by atoms with Gasteiger partial charge in [0.05, 0.1) is 16.5 Å². The minimum atomic E-state index is -3.69. The zero-order valence-electron chi connectivity index (χ0n) is 16.8. The van der Waals surface area contributed by atoms with Crippen LogP contribution < -0.4 is 10.1 Å². The second kappa shape index (κ2) is 9.56. The SMILES string of the molecule is CCOc1ccc(S(=O)(=O)N2CCC(C(=O)Nc3cc(Cl)ccc3C)CC2)cc1Cl. The normalized spacial score (nSPS) is 15.7. The van der Waals surface area contributed by atoms with Crippen LogP contribution in [-0.4, -0.2) is 38.3 Å². The van der Waals surface area contributed by atoms with Crippen LogP contribution in [0, 0.1) is 12.8 Å². The molecule has 0 atom stereocenters. The first-order valence-electron chi connectivity index (χ1n) is 9.72. The van der Waals surface area contributed by atoms with Crippen LogP contribution in [-0.2, 0) is 14.8 Å². The summed E-state index contributed by atoms with van der Waals surface area (Å²) in [6.07, 6.45) is 0.880. The molecule has 1 N–H and O–H groups in total. The monoisotopic (exact) mass is 470 g/mol. The highest BCUT2D eigenvalue weighted by atomic mass is 35.5. The fraction of sp³-hybridized carbons (Fsp3) is 0.381. The van der Waals surface area contributed by atoms with Crippen LogP contribution in [0.5, 0.6) is 5.75 Å². The number of carbonyl (C=O) groups excluding carboxylic acids is 1. The zero-order chi connectivity index (χ0) is 21.9. The number of halogens is 2. The van der Waals surface area contributed by atoms with E-state index in [0.717, 1.165) is 5.56 Å². The molecule has 1 aliphatic rings. The Morgan fingerprint density at radius 2 is 1.87 bits per heavy atom. The first-order chi connectivity index (χ1) is 14.2. The molecule has 0 aliphatic carbocycles. The van der Waals surface area contributed by atoms with Crippen LogP contribution in [0.2, 0.25) is 10.0 Å². The first-order valence-corrected chi connectivity index (χ1v) is 11.9. The number of hydrogen-bond acceptors (Lipinski definition) is 4. The second-order valence-corrected chi connectivity index (χ2v) is 9.93. The highest BCUT2D eigenvalue weighted by molar-refractivity contribution is 7.89. The largest absolute Gasteiger partial charge is 0.492 e. The molecular weight excluding hydrogens is 447 g/mol.